The normalized spacial score (nSPS) is 19.3. The number of thioether (sulfide) groups is 2. The minimum absolute atomic E-state index is 0.229. The fraction of sp³-hybridized carbons (Fsp3) is 0.538. The second-order valence-corrected chi connectivity index (χ2v) is 6.97. The molecule has 6 heteroatoms. The highest BCUT2D eigenvalue weighted by atomic mass is 32.2. The molecular weight excluding hydrogens is 280 g/mol. The summed E-state index contributed by atoms with van der Waals surface area (Å²) in [4.78, 5) is 10.6. The molecule has 4 nitrogen and oxygen atoms in total. The van der Waals surface area contributed by atoms with Crippen LogP contribution in [-0.2, 0) is 6.42 Å². The lowest BCUT2D eigenvalue weighted by atomic mass is 10.1. The van der Waals surface area contributed by atoms with Crippen LogP contribution in [0.15, 0.2) is 24.3 Å². The van der Waals surface area contributed by atoms with Crippen molar-refractivity contribution in [2.75, 3.05) is 30.3 Å². The number of para-hydroxylation sites is 1. The van der Waals surface area contributed by atoms with E-state index in [1.54, 1.807) is 12.1 Å². The first-order chi connectivity index (χ1) is 9.27. The fourth-order valence-corrected chi connectivity index (χ4v) is 4.69. The Kier molecular flexibility index (Phi) is 6.00. The van der Waals surface area contributed by atoms with E-state index in [-0.39, 0.29) is 10.6 Å². The number of nitrogens with zero attached hydrogens (tertiary/aromatic N) is 1. The van der Waals surface area contributed by atoms with E-state index in [0.717, 1.165) is 18.7 Å². The molecule has 1 aliphatic heterocycles. The third-order valence-corrected chi connectivity index (χ3v) is 5.86. The number of nitrogens with one attached hydrogen (secondary N) is 1. The molecule has 1 aliphatic rings. The molecule has 1 N–H and O–H groups in total. The van der Waals surface area contributed by atoms with Crippen LogP contribution in [0.2, 0.25) is 0 Å². The quantitative estimate of drug-likeness (QED) is 0.497. The maximum absolute atomic E-state index is 10.9. The van der Waals surface area contributed by atoms with Crippen LogP contribution in [0.5, 0.6) is 0 Å². The molecule has 2 rings (SSSR count). The Morgan fingerprint density at radius 3 is 2.95 bits per heavy atom. The lowest BCUT2D eigenvalue weighted by Crippen LogP contribution is -2.30. The minimum atomic E-state index is -0.303. The van der Waals surface area contributed by atoms with Crippen molar-refractivity contribution >= 4 is 29.2 Å². The summed E-state index contributed by atoms with van der Waals surface area (Å²) in [6, 6.07) is 6.98. The van der Waals surface area contributed by atoms with Crippen LogP contribution in [0.25, 0.3) is 0 Å². The number of nitro benzene ring substituents is 1. The Bertz CT molecular complexity index is 423. The van der Waals surface area contributed by atoms with E-state index in [2.05, 4.69) is 5.32 Å². The smallest absolute Gasteiger partial charge is 0.272 e. The van der Waals surface area contributed by atoms with Gasteiger partial charge in [-0.25, -0.2) is 0 Å². The molecule has 19 heavy (non-hydrogen) atoms. The molecule has 1 unspecified atom stereocenters. The Morgan fingerprint density at radius 1 is 1.37 bits per heavy atom. The first-order valence-corrected chi connectivity index (χ1v) is 8.60. The van der Waals surface area contributed by atoms with E-state index < -0.39 is 0 Å². The molecule has 104 valence electrons. The van der Waals surface area contributed by atoms with E-state index in [1.807, 2.05) is 35.7 Å². The largest absolute Gasteiger partial charge is 0.315 e. The summed E-state index contributed by atoms with van der Waals surface area (Å²) in [7, 11) is 0. The van der Waals surface area contributed by atoms with Crippen LogP contribution in [0.3, 0.4) is 0 Å². The van der Waals surface area contributed by atoms with Crippen molar-refractivity contribution in [1.82, 2.24) is 5.32 Å². The van der Waals surface area contributed by atoms with Gasteiger partial charge in [0.15, 0.2) is 0 Å². The fourth-order valence-electron chi connectivity index (χ4n) is 2.04. The van der Waals surface area contributed by atoms with E-state index in [1.165, 1.54) is 17.3 Å². The predicted octanol–water partition coefficient (Wildman–Crippen LogP) is 2.58. The SMILES string of the molecule is O=[N+]([O-])c1ccccc1CCNCC1CSCCS1. The zero-order chi connectivity index (χ0) is 13.5. The number of nitro groups is 1. The summed E-state index contributed by atoms with van der Waals surface area (Å²) >= 11 is 4.04. The van der Waals surface area contributed by atoms with Crippen molar-refractivity contribution in [3.8, 4) is 0 Å². The van der Waals surface area contributed by atoms with Crippen molar-refractivity contribution in [2.45, 2.75) is 11.7 Å². The van der Waals surface area contributed by atoms with Crippen LogP contribution in [0, 0.1) is 10.1 Å². The molecule has 0 saturated carbocycles. The van der Waals surface area contributed by atoms with Crippen molar-refractivity contribution < 1.29 is 4.92 Å². The Morgan fingerprint density at radius 2 is 2.21 bits per heavy atom. The van der Waals surface area contributed by atoms with Gasteiger partial charge >= 0.3 is 0 Å². The van der Waals surface area contributed by atoms with Crippen LogP contribution >= 0.6 is 23.5 Å². The molecule has 1 heterocycles. The van der Waals surface area contributed by atoms with Gasteiger partial charge in [0, 0.05) is 40.7 Å². The first-order valence-electron chi connectivity index (χ1n) is 6.39. The summed E-state index contributed by atoms with van der Waals surface area (Å²) < 4.78 is 0. The number of hydrogen-bond donors (Lipinski definition) is 1. The zero-order valence-corrected chi connectivity index (χ0v) is 12.3. The summed E-state index contributed by atoms with van der Waals surface area (Å²) in [6.45, 7) is 1.80. The van der Waals surface area contributed by atoms with Crippen molar-refractivity contribution in [1.29, 1.82) is 0 Å². The van der Waals surface area contributed by atoms with Gasteiger partial charge in [0.05, 0.1) is 4.92 Å². The van der Waals surface area contributed by atoms with Crippen LogP contribution in [-0.4, -0.2) is 40.5 Å². The Balaban J connectivity index is 1.74. The summed E-state index contributed by atoms with van der Waals surface area (Å²) in [5.41, 5.74) is 1.04. The molecule has 1 fully saturated rings. The summed E-state index contributed by atoms with van der Waals surface area (Å²) in [5, 5.41) is 15.0. The van der Waals surface area contributed by atoms with Crippen molar-refractivity contribution in [2.24, 2.45) is 0 Å². The molecule has 1 aromatic carbocycles. The highest BCUT2D eigenvalue weighted by molar-refractivity contribution is 8.06. The summed E-state index contributed by atoms with van der Waals surface area (Å²) in [5.74, 6) is 3.71. The Hall–Kier alpha value is -0.720. The van der Waals surface area contributed by atoms with Gasteiger partial charge in [0.25, 0.3) is 5.69 Å². The van der Waals surface area contributed by atoms with Crippen LogP contribution in [0.4, 0.5) is 5.69 Å². The number of hydrogen-bond acceptors (Lipinski definition) is 5. The molecule has 1 saturated heterocycles. The van der Waals surface area contributed by atoms with Crippen molar-refractivity contribution in [3.63, 3.8) is 0 Å². The monoisotopic (exact) mass is 298 g/mol. The van der Waals surface area contributed by atoms with Gasteiger partial charge in [-0.15, -0.1) is 0 Å². The topological polar surface area (TPSA) is 55.2 Å². The second kappa shape index (κ2) is 7.77. The minimum Gasteiger partial charge on any atom is -0.315 e. The average molecular weight is 298 g/mol. The molecule has 0 spiro atoms. The van der Waals surface area contributed by atoms with Gasteiger partial charge in [-0.3, -0.25) is 10.1 Å². The molecule has 0 bridgehead atoms. The van der Waals surface area contributed by atoms with E-state index >= 15 is 0 Å². The van der Waals surface area contributed by atoms with Gasteiger partial charge in [-0.1, -0.05) is 18.2 Å². The molecule has 1 atom stereocenters. The molecule has 0 amide bonds. The van der Waals surface area contributed by atoms with Gasteiger partial charge in [-0.2, -0.15) is 23.5 Å². The number of benzene rings is 1. The van der Waals surface area contributed by atoms with Gasteiger partial charge in [-0.05, 0) is 13.0 Å². The zero-order valence-electron chi connectivity index (χ0n) is 10.7. The average Bonchev–Trinajstić information content (AvgIpc) is 2.45. The van der Waals surface area contributed by atoms with E-state index in [0.29, 0.717) is 11.7 Å². The van der Waals surface area contributed by atoms with E-state index in [4.69, 9.17) is 0 Å². The maximum atomic E-state index is 10.9. The lowest BCUT2D eigenvalue weighted by Gasteiger charge is -2.21. The highest BCUT2D eigenvalue weighted by Crippen LogP contribution is 2.23. The molecule has 0 aliphatic carbocycles. The van der Waals surface area contributed by atoms with Crippen LogP contribution < -0.4 is 5.32 Å². The third kappa shape index (κ3) is 4.71. The predicted molar refractivity (Wildman–Crippen MR) is 83.2 cm³/mol. The maximum Gasteiger partial charge on any atom is 0.272 e. The van der Waals surface area contributed by atoms with Gasteiger partial charge < -0.3 is 5.32 Å². The van der Waals surface area contributed by atoms with Gasteiger partial charge in [0.1, 0.15) is 0 Å². The molecule has 0 aromatic heterocycles. The molecule has 0 radical (unpaired) electrons. The molecular formula is C13H18N2O2S2. The van der Waals surface area contributed by atoms with Crippen molar-refractivity contribution in [3.05, 3.63) is 39.9 Å². The van der Waals surface area contributed by atoms with E-state index in [9.17, 15) is 10.1 Å². The second-order valence-electron chi connectivity index (χ2n) is 4.41. The first kappa shape index (κ1) is 14.7. The standard InChI is InChI=1S/C13H18N2O2S2/c16-15(17)13-4-2-1-3-11(13)5-6-14-9-12-10-18-7-8-19-12/h1-4,12,14H,5-10H2. The third-order valence-electron chi connectivity index (χ3n) is 3.02. The van der Waals surface area contributed by atoms with Gasteiger partial charge in [0.2, 0.25) is 0 Å². The van der Waals surface area contributed by atoms with Crippen LogP contribution in [0.1, 0.15) is 5.56 Å². The highest BCUT2D eigenvalue weighted by Gasteiger charge is 2.14. The molecule has 1 aromatic rings. The summed E-state index contributed by atoms with van der Waals surface area (Å²) in [6.07, 6.45) is 0.710. The lowest BCUT2D eigenvalue weighted by molar-refractivity contribution is -0.385. The Labute approximate surface area is 121 Å². The number of rotatable bonds is 6.